The molecule has 138 valence electrons. The molecule has 0 atom stereocenters. The van der Waals surface area contributed by atoms with Crippen molar-refractivity contribution < 1.29 is 35.9 Å². The van der Waals surface area contributed by atoms with Gasteiger partial charge in [-0.25, -0.2) is 15.1 Å². The molecule has 13 heteroatoms. The number of pyridine rings is 1. The highest BCUT2D eigenvalue weighted by Crippen LogP contribution is 2.34. The Morgan fingerprint density at radius 2 is 1.88 bits per heavy atom. The predicted molar refractivity (Wildman–Crippen MR) is 72.0 cm³/mol. The molecule has 0 aromatic carbocycles. The average molecular weight is 379 g/mol. The second-order valence-electron chi connectivity index (χ2n) is 4.98. The summed E-state index contributed by atoms with van der Waals surface area (Å²) in [4.78, 5) is 14.5. The van der Waals surface area contributed by atoms with E-state index in [1.807, 2.05) is 5.43 Å². The van der Waals surface area contributed by atoms with Gasteiger partial charge in [0.25, 0.3) is 5.91 Å². The number of ether oxygens (including phenoxy) is 1. The molecule has 1 aliphatic heterocycles. The van der Waals surface area contributed by atoms with Crippen LogP contribution in [0, 0.1) is 0 Å². The molecule has 0 unspecified atom stereocenters. The van der Waals surface area contributed by atoms with Crippen molar-refractivity contribution in [2.24, 2.45) is 5.10 Å². The number of hydrogen-bond donors (Lipinski definition) is 1. The SMILES string of the molecule is O=C1COC(c2cnc(-n3ccc(C(F)(F)F)n3)c(C(F)(F)F)c2)=NN1. The summed E-state index contributed by atoms with van der Waals surface area (Å²) in [7, 11) is 0. The number of carbonyl (C=O) groups excluding carboxylic acids is 1. The molecule has 3 heterocycles. The molecule has 1 aliphatic rings. The van der Waals surface area contributed by atoms with Gasteiger partial charge in [0.2, 0.25) is 5.90 Å². The molecule has 7 nitrogen and oxygen atoms in total. The Bertz CT molecular complexity index is 886. The fourth-order valence-corrected chi connectivity index (χ4v) is 2.02. The third-order valence-corrected chi connectivity index (χ3v) is 3.14. The largest absolute Gasteiger partial charge is 0.466 e. The van der Waals surface area contributed by atoms with Crippen LogP contribution in [-0.2, 0) is 21.9 Å². The Kier molecular flexibility index (Phi) is 4.08. The zero-order chi connectivity index (χ0) is 19.1. The van der Waals surface area contributed by atoms with Crippen molar-refractivity contribution >= 4 is 11.8 Å². The van der Waals surface area contributed by atoms with Crippen LogP contribution in [0.25, 0.3) is 5.82 Å². The molecule has 0 aliphatic carbocycles. The Morgan fingerprint density at radius 1 is 1.15 bits per heavy atom. The van der Waals surface area contributed by atoms with Gasteiger partial charge in [-0.3, -0.25) is 4.79 Å². The van der Waals surface area contributed by atoms with Crippen molar-refractivity contribution in [3.05, 3.63) is 41.3 Å². The van der Waals surface area contributed by atoms with Crippen molar-refractivity contribution in [1.29, 1.82) is 0 Å². The van der Waals surface area contributed by atoms with Gasteiger partial charge in [0.15, 0.2) is 18.1 Å². The molecule has 2 aromatic rings. The molecule has 3 rings (SSSR count). The number of halogens is 6. The lowest BCUT2D eigenvalue weighted by Gasteiger charge is -2.16. The number of hydrogen-bond acceptors (Lipinski definition) is 5. The number of nitrogens with zero attached hydrogens (tertiary/aromatic N) is 4. The van der Waals surface area contributed by atoms with Crippen molar-refractivity contribution in [2.75, 3.05) is 6.61 Å². The number of rotatable bonds is 2. The molecule has 2 aromatic heterocycles. The highest BCUT2D eigenvalue weighted by Gasteiger charge is 2.38. The maximum absolute atomic E-state index is 13.3. The van der Waals surface area contributed by atoms with Gasteiger partial charge in [0.1, 0.15) is 5.56 Å². The lowest BCUT2D eigenvalue weighted by Crippen LogP contribution is -2.32. The zero-order valence-corrected chi connectivity index (χ0v) is 12.4. The third kappa shape index (κ3) is 3.45. The first-order valence-electron chi connectivity index (χ1n) is 6.76. The molecule has 0 saturated carbocycles. The number of carbonyl (C=O) groups is 1. The highest BCUT2D eigenvalue weighted by molar-refractivity contribution is 5.98. The molecule has 0 fully saturated rings. The summed E-state index contributed by atoms with van der Waals surface area (Å²) >= 11 is 0. The van der Waals surface area contributed by atoms with Gasteiger partial charge in [-0.2, -0.15) is 31.4 Å². The quantitative estimate of drug-likeness (QED) is 0.811. The summed E-state index contributed by atoms with van der Waals surface area (Å²) in [5.41, 5.74) is -0.904. The lowest BCUT2D eigenvalue weighted by atomic mass is 10.1. The number of nitrogens with one attached hydrogen (secondary N) is 1. The van der Waals surface area contributed by atoms with E-state index >= 15 is 0 Å². The molecular formula is C13H7F6N5O2. The third-order valence-electron chi connectivity index (χ3n) is 3.14. The molecule has 1 N–H and O–H groups in total. The molecule has 1 amide bonds. The van der Waals surface area contributed by atoms with E-state index < -0.39 is 41.9 Å². The van der Waals surface area contributed by atoms with Crippen molar-refractivity contribution in [2.45, 2.75) is 12.4 Å². The van der Waals surface area contributed by atoms with Gasteiger partial charge in [-0.05, 0) is 12.1 Å². The minimum absolute atomic E-state index is 0.218. The second kappa shape index (κ2) is 6.00. The summed E-state index contributed by atoms with van der Waals surface area (Å²) in [6.45, 7) is -0.448. The minimum Gasteiger partial charge on any atom is -0.466 e. The van der Waals surface area contributed by atoms with Crippen LogP contribution in [0.1, 0.15) is 16.8 Å². The van der Waals surface area contributed by atoms with Gasteiger partial charge in [-0.15, -0.1) is 5.10 Å². The first kappa shape index (κ1) is 17.7. The van der Waals surface area contributed by atoms with Gasteiger partial charge in [0, 0.05) is 12.4 Å². The van der Waals surface area contributed by atoms with Crippen LogP contribution in [0.5, 0.6) is 0 Å². The summed E-state index contributed by atoms with van der Waals surface area (Å²) in [6.07, 6.45) is -8.13. The fraction of sp³-hybridized carbons (Fsp3) is 0.231. The Hall–Kier alpha value is -3.12. The maximum atomic E-state index is 13.3. The fourth-order valence-electron chi connectivity index (χ4n) is 2.02. The molecule has 0 radical (unpaired) electrons. The number of aromatic nitrogens is 3. The van der Waals surface area contributed by atoms with E-state index in [4.69, 9.17) is 4.74 Å². The van der Waals surface area contributed by atoms with E-state index in [0.29, 0.717) is 16.8 Å². The van der Waals surface area contributed by atoms with Gasteiger partial charge in [-0.1, -0.05) is 0 Å². The summed E-state index contributed by atoms with van der Waals surface area (Å²) in [6, 6.07) is 1.12. The van der Waals surface area contributed by atoms with E-state index in [1.165, 1.54) is 0 Å². The van der Waals surface area contributed by atoms with E-state index in [9.17, 15) is 31.1 Å². The van der Waals surface area contributed by atoms with E-state index in [1.54, 1.807) is 0 Å². The Labute approximate surface area is 140 Å². The van der Waals surface area contributed by atoms with Gasteiger partial charge in [0.05, 0.1) is 5.56 Å². The van der Waals surface area contributed by atoms with Gasteiger partial charge >= 0.3 is 12.4 Å². The normalized spacial score (nSPS) is 15.3. The van der Waals surface area contributed by atoms with Crippen molar-refractivity contribution in [1.82, 2.24) is 20.2 Å². The lowest BCUT2D eigenvalue weighted by molar-refractivity contribution is -0.141. The predicted octanol–water partition coefficient (Wildman–Crippen LogP) is 2.11. The Morgan fingerprint density at radius 3 is 2.42 bits per heavy atom. The van der Waals surface area contributed by atoms with Gasteiger partial charge < -0.3 is 4.74 Å². The van der Waals surface area contributed by atoms with Crippen LogP contribution in [0.3, 0.4) is 0 Å². The van der Waals surface area contributed by atoms with E-state index in [2.05, 4.69) is 15.2 Å². The number of alkyl halides is 6. The second-order valence-corrected chi connectivity index (χ2v) is 4.98. The van der Waals surface area contributed by atoms with E-state index in [-0.39, 0.29) is 11.5 Å². The maximum Gasteiger partial charge on any atom is 0.435 e. The smallest absolute Gasteiger partial charge is 0.435 e. The molecule has 0 spiro atoms. The van der Waals surface area contributed by atoms with Crippen LogP contribution in [0.2, 0.25) is 0 Å². The van der Waals surface area contributed by atoms with Crippen LogP contribution in [0.4, 0.5) is 26.3 Å². The van der Waals surface area contributed by atoms with Crippen molar-refractivity contribution in [3.8, 4) is 5.82 Å². The minimum atomic E-state index is -4.94. The van der Waals surface area contributed by atoms with Crippen LogP contribution >= 0.6 is 0 Å². The molecule has 0 saturated heterocycles. The van der Waals surface area contributed by atoms with Crippen LogP contribution in [0.15, 0.2) is 29.6 Å². The first-order valence-corrected chi connectivity index (χ1v) is 6.76. The summed E-state index contributed by atoms with van der Waals surface area (Å²) in [5.74, 6) is -1.76. The summed E-state index contributed by atoms with van der Waals surface area (Å²) < 4.78 is 83.1. The van der Waals surface area contributed by atoms with Crippen molar-refractivity contribution in [3.63, 3.8) is 0 Å². The number of hydrazone groups is 1. The first-order chi connectivity index (χ1) is 12.1. The monoisotopic (exact) mass is 379 g/mol. The topological polar surface area (TPSA) is 81.4 Å². The molecule has 0 bridgehead atoms. The average Bonchev–Trinajstić information content (AvgIpc) is 3.04. The molecular weight excluding hydrogens is 372 g/mol. The van der Waals surface area contributed by atoms with Crippen LogP contribution < -0.4 is 5.43 Å². The van der Waals surface area contributed by atoms with E-state index in [0.717, 1.165) is 12.4 Å². The Balaban J connectivity index is 2.06. The zero-order valence-electron chi connectivity index (χ0n) is 12.4. The van der Waals surface area contributed by atoms with Crippen LogP contribution in [-0.4, -0.2) is 33.2 Å². The standard InChI is InChI=1S/C13H7F6N5O2/c14-12(15,16)7-3-6(11-22-21-9(25)5-26-11)4-20-10(7)24-2-1-8(23-24)13(17,18)19/h1-4H,5H2,(H,21,25). The molecule has 26 heavy (non-hydrogen) atoms. The summed E-state index contributed by atoms with van der Waals surface area (Å²) in [5, 5.41) is 6.55. The highest BCUT2D eigenvalue weighted by atomic mass is 19.4. The number of amides is 1.